The highest BCUT2D eigenvalue weighted by atomic mass is 19.4. The molecule has 1 aliphatic heterocycles. The van der Waals surface area contributed by atoms with Crippen LogP contribution in [0.1, 0.15) is 0 Å². The summed E-state index contributed by atoms with van der Waals surface area (Å²) in [5, 5.41) is 9.79. The van der Waals surface area contributed by atoms with Crippen LogP contribution in [0.5, 0.6) is 0 Å². The average Bonchev–Trinajstić information content (AvgIpc) is 2.96. The lowest BCUT2D eigenvalue weighted by Crippen LogP contribution is -2.53. The van der Waals surface area contributed by atoms with Crippen LogP contribution >= 0.6 is 0 Å². The first-order valence-electron chi connectivity index (χ1n) is 6.82. The number of morpholine rings is 1. The molecule has 3 rings (SSSR count). The number of aromatic amines is 1. The second-order valence-electron chi connectivity index (χ2n) is 4.94. The fraction of sp³-hybridized carbons (Fsp3) is 0.583. The molecule has 22 heavy (non-hydrogen) atoms. The van der Waals surface area contributed by atoms with Crippen molar-refractivity contribution in [3.63, 3.8) is 0 Å². The monoisotopic (exact) mass is 316 g/mol. The van der Waals surface area contributed by atoms with Crippen molar-refractivity contribution in [2.24, 2.45) is 0 Å². The van der Waals surface area contributed by atoms with E-state index in [0.717, 1.165) is 0 Å². The normalized spacial score (nSPS) is 18.5. The molecule has 0 bridgehead atoms. The first-order chi connectivity index (χ1) is 10.6. The lowest BCUT2D eigenvalue weighted by atomic mass is 10.2. The van der Waals surface area contributed by atoms with E-state index in [1.807, 2.05) is 0 Å². The van der Waals surface area contributed by atoms with Crippen LogP contribution in [0.3, 0.4) is 0 Å². The summed E-state index contributed by atoms with van der Waals surface area (Å²) in [6.45, 7) is 0.854. The molecule has 0 amide bonds. The Morgan fingerprint density at radius 1 is 1.32 bits per heavy atom. The number of H-pyrrole nitrogens is 1. The Hall–Kier alpha value is -1.94. The lowest BCUT2D eigenvalue weighted by molar-refractivity contribution is -0.187. The fourth-order valence-electron chi connectivity index (χ4n) is 2.44. The summed E-state index contributed by atoms with van der Waals surface area (Å²) in [7, 11) is 0. The number of hydrogen-bond donors (Lipinski definition) is 2. The van der Waals surface area contributed by atoms with Crippen molar-refractivity contribution in [2.45, 2.75) is 12.2 Å². The number of nitrogens with one attached hydrogen (secondary N) is 2. The molecule has 120 valence electrons. The zero-order valence-electron chi connectivity index (χ0n) is 11.6. The highest BCUT2D eigenvalue weighted by Gasteiger charge is 2.43. The molecule has 2 N–H and O–H groups in total. The van der Waals surface area contributed by atoms with Crippen molar-refractivity contribution in [1.29, 1.82) is 0 Å². The average molecular weight is 316 g/mol. The van der Waals surface area contributed by atoms with Gasteiger partial charge in [0.25, 0.3) is 0 Å². The summed E-state index contributed by atoms with van der Waals surface area (Å²) in [5.41, 5.74) is 0.479. The topological polar surface area (TPSA) is 79.0 Å². The van der Waals surface area contributed by atoms with Gasteiger partial charge in [0.05, 0.1) is 24.8 Å². The third-order valence-corrected chi connectivity index (χ3v) is 3.58. The summed E-state index contributed by atoms with van der Waals surface area (Å²) < 4.78 is 45.0. The number of alkyl halides is 3. The molecule has 2 aromatic heterocycles. The Morgan fingerprint density at radius 2 is 2.09 bits per heavy atom. The van der Waals surface area contributed by atoms with Gasteiger partial charge < -0.3 is 10.1 Å². The number of halogens is 3. The SMILES string of the molecule is FC(F)(F)C(CNc1ncnc2[nH]ncc12)N1CCOCC1. The Balaban J connectivity index is 1.75. The van der Waals surface area contributed by atoms with Gasteiger partial charge in [0.2, 0.25) is 0 Å². The van der Waals surface area contributed by atoms with E-state index in [1.165, 1.54) is 17.4 Å². The van der Waals surface area contributed by atoms with E-state index in [1.54, 1.807) is 0 Å². The summed E-state index contributed by atoms with van der Waals surface area (Å²) >= 11 is 0. The molecule has 0 spiro atoms. The minimum absolute atomic E-state index is 0.261. The van der Waals surface area contributed by atoms with Crippen LogP contribution < -0.4 is 5.32 Å². The highest BCUT2D eigenvalue weighted by molar-refractivity contribution is 5.85. The highest BCUT2D eigenvalue weighted by Crippen LogP contribution is 2.26. The number of rotatable bonds is 4. The number of ether oxygens (including phenoxy) is 1. The molecule has 0 saturated carbocycles. The molecule has 1 saturated heterocycles. The Bertz CT molecular complexity index is 625. The molecule has 0 aliphatic carbocycles. The van der Waals surface area contributed by atoms with Gasteiger partial charge in [-0.15, -0.1) is 0 Å². The maximum absolute atomic E-state index is 13.3. The first kappa shape index (κ1) is 15.0. The van der Waals surface area contributed by atoms with Gasteiger partial charge in [-0.2, -0.15) is 18.3 Å². The summed E-state index contributed by atoms with van der Waals surface area (Å²) in [6, 6.07) is -1.59. The van der Waals surface area contributed by atoms with E-state index < -0.39 is 12.2 Å². The predicted molar refractivity (Wildman–Crippen MR) is 72.4 cm³/mol. The van der Waals surface area contributed by atoms with Gasteiger partial charge in [-0.3, -0.25) is 10.00 Å². The fourth-order valence-corrected chi connectivity index (χ4v) is 2.44. The smallest absolute Gasteiger partial charge is 0.379 e. The van der Waals surface area contributed by atoms with Crippen LogP contribution in [0, 0.1) is 0 Å². The predicted octanol–water partition coefficient (Wildman–Crippen LogP) is 1.03. The number of hydrogen-bond acceptors (Lipinski definition) is 6. The van der Waals surface area contributed by atoms with Gasteiger partial charge in [-0.25, -0.2) is 9.97 Å². The number of nitrogens with zero attached hydrogens (tertiary/aromatic N) is 4. The molecular weight excluding hydrogens is 301 g/mol. The second kappa shape index (κ2) is 6.05. The van der Waals surface area contributed by atoms with Crippen LogP contribution in [0.2, 0.25) is 0 Å². The van der Waals surface area contributed by atoms with Crippen molar-refractivity contribution < 1.29 is 17.9 Å². The Kier molecular flexibility index (Phi) is 4.12. The first-order valence-corrected chi connectivity index (χ1v) is 6.82. The minimum Gasteiger partial charge on any atom is -0.379 e. The van der Waals surface area contributed by atoms with E-state index in [2.05, 4.69) is 25.5 Å². The molecule has 3 heterocycles. The molecule has 1 atom stereocenters. The van der Waals surface area contributed by atoms with Crippen LogP contribution in [-0.2, 0) is 4.74 Å². The second-order valence-corrected chi connectivity index (χ2v) is 4.94. The summed E-state index contributed by atoms with van der Waals surface area (Å²) in [6.07, 6.45) is -1.57. The molecule has 2 aromatic rings. The quantitative estimate of drug-likeness (QED) is 0.877. The van der Waals surface area contributed by atoms with Crippen molar-refractivity contribution in [3.8, 4) is 0 Å². The van der Waals surface area contributed by atoms with Crippen molar-refractivity contribution in [1.82, 2.24) is 25.1 Å². The largest absolute Gasteiger partial charge is 0.405 e. The van der Waals surface area contributed by atoms with Gasteiger partial charge in [-0.05, 0) is 0 Å². The summed E-state index contributed by atoms with van der Waals surface area (Å²) in [5.74, 6) is 0.334. The third kappa shape index (κ3) is 3.12. The van der Waals surface area contributed by atoms with Gasteiger partial charge in [0, 0.05) is 19.6 Å². The lowest BCUT2D eigenvalue weighted by Gasteiger charge is -2.35. The summed E-state index contributed by atoms with van der Waals surface area (Å²) in [4.78, 5) is 9.31. The zero-order valence-corrected chi connectivity index (χ0v) is 11.6. The zero-order chi connectivity index (χ0) is 15.6. The van der Waals surface area contributed by atoms with Crippen LogP contribution in [0.15, 0.2) is 12.5 Å². The molecule has 1 unspecified atom stereocenters. The van der Waals surface area contributed by atoms with Crippen LogP contribution in [0.25, 0.3) is 11.0 Å². The van der Waals surface area contributed by atoms with Crippen molar-refractivity contribution in [3.05, 3.63) is 12.5 Å². The van der Waals surface area contributed by atoms with Crippen molar-refractivity contribution in [2.75, 3.05) is 38.2 Å². The third-order valence-electron chi connectivity index (χ3n) is 3.58. The number of fused-ring (bicyclic) bond motifs is 1. The van der Waals surface area contributed by atoms with Crippen molar-refractivity contribution >= 4 is 16.9 Å². The van der Waals surface area contributed by atoms with E-state index >= 15 is 0 Å². The van der Waals surface area contributed by atoms with Crippen LogP contribution in [-0.4, -0.2) is 70.1 Å². The van der Waals surface area contributed by atoms with E-state index in [-0.39, 0.29) is 19.6 Å². The minimum atomic E-state index is -4.33. The Morgan fingerprint density at radius 3 is 2.82 bits per heavy atom. The van der Waals surface area contributed by atoms with Gasteiger partial charge >= 0.3 is 6.18 Å². The molecule has 1 aliphatic rings. The number of aromatic nitrogens is 4. The van der Waals surface area contributed by atoms with Crippen LogP contribution in [0.4, 0.5) is 19.0 Å². The maximum atomic E-state index is 13.3. The molecular formula is C12H15F3N6O. The molecule has 7 nitrogen and oxygen atoms in total. The van der Waals surface area contributed by atoms with Gasteiger partial charge in [0.1, 0.15) is 18.2 Å². The standard InChI is InChI=1S/C12H15F3N6O/c13-12(14,15)9(21-1-3-22-4-2-21)6-16-10-8-5-19-20-11(8)18-7-17-10/h5,7,9H,1-4,6H2,(H2,16,17,18,19,20). The molecule has 1 fully saturated rings. The maximum Gasteiger partial charge on any atom is 0.405 e. The Labute approximate surface area is 123 Å². The van der Waals surface area contributed by atoms with Gasteiger partial charge in [-0.1, -0.05) is 0 Å². The van der Waals surface area contributed by atoms with E-state index in [0.29, 0.717) is 30.1 Å². The van der Waals surface area contributed by atoms with Gasteiger partial charge in [0.15, 0.2) is 5.65 Å². The number of anilines is 1. The molecule has 0 radical (unpaired) electrons. The van der Waals surface area contributed by atoms with E-state index in [4.69, 9.17) is 4.74 Å². The molecule has 10 heteroatoms. The molecule has 0 aromatic carbocycles. The van der Waals surface area contributed by atoms with E-state index in [9.17, 15) is 13.2 Å².